The van der Waals surface area contributed by atoms with Crippen molar-refractivity contribution < 1.29 is 14.6 Å². The molecule has 0 amide bonds. The van der Waals surface area contributed by atoms with Gasteiger partial charge in [0.05, 0.1) is 17.9 Å². The molecule has 6 nitrogen and oxygen atoms in total. The van der Waals surface area contributed by atoms with Crippen LogP contribution in [0.4, 0.5) is 0 Å². The Bertz CT molecular complexity index is 401. The van der Waals surface area contributed by atoms with Crippen LogP contribution >= 0.6 is 11.8 Å². The van der Waals surface area contributed by atoms with Crippen molar-refractivity contribution in [1.82, 2.24) is 14.8 Å². The number of nitrogens with zero attached hydrogens (tertiary/aromatic N) is 3. The Kier molecular flexibility index (Phi) is 3.68. The van der Waals surface area contributed by atoms with E-state index in [4.69, 9.17) is 9.84 Å². The SMILES string of the molecule is CC1(n2cnnc2SCC(=O)O)CCCOC1. The van der Waals surface area contributed by atoms with Gasteiger partial charge in [0.2, 0.25) is 0 Å². The fraction of sp³-hybridized carbons (Fsp3) is 0.700. The van der Waals surface area contributed by atoms with E-state index in [1.54, 1.807) is 6.33 Å². The number of carboxylic acid groups (broad SMARTS) is 1. The number of rotatable bonds is 4. The fourth-order valence-corrected chi connectivity index (χ4v) is 2.69. The van der Waals surface area contributed by atoms with Gasteiger partial charge in [-0.3, -0.25) is 4.79 Å². The molecule has 1 unspecified atom stereocenters. The summed E-state index contributed by atoms with van der Waals surface area (Å²) in [6.07, 6.45) is 3.64. The van der Waals surface area contributed by atoms with Gasteiger partial charge >= 0.3 is 5.97 Å². The van der Waals surface area contributed by atoms with E-state index < -0.39 is 5.97 Å². The van der Waals surface area contributed by atoms with Crippen molar-refractivity contribution in [3.63, 3.8) is 0 Å². The lowest BCUT2D eigenvalue weighted by Crippen LogP contribution is -2.39. The Balaban J connectivity index is 2.14. The molecule has 7 heteroatoms. The molecular formula is C10H15N3O3S. The summed E-state index contributed by atoms with van der Waals surface area (Å²) >= 11 is 1.19. The van der Waals surface area contributed by atoms with Crippen LogP contribution in [0, 0.1) is 0 Å². The molecular weight excluding hydrogens is 242 g/mol. The van der Waals surface area contributed by atoms with Gasteiger partial charge in [0.1, 0.15) is 6.33 Å². The Hall–Kier alpha value is -1.08. The second kappa shape index (κ2) is 5.05. The summed E-state index contributed by atoms with van der Waals surface area (Å²) in [7, 11) is 0. The Labute approximate surface area is 103 Å². The first-order chi connectivity index (χ1) is 8.12. The summed E-state index contributed by atoms with van der Waals surface area (Å²) in [5.74, 6) is -0.857. The molecule has 1 N–H and O–H groups in total. The maximum Gasteiger partial charge on any atom is 0.313 e. The third-order valence-corrected chi connectivity index (χ3v) is 3.77. The average molecular weight is 257 g/mol. The van der Waals surface area contributed by atoms with Gasteiger partial charge in [0.15, 0.2) is 5.16 Å². The fourth-order valence-electron chi connectivity index (χ4n) is 1.93. The first kappa shape index (κ1) is 12.4. The van der Waals surface area contributed by atoms with Crippen LogP contribution in [0.25, 0.3) is 0 Å². The molecule has 1 atom stereocenters. The van der Waals surface area contributed by atoms with Crippen LogP contribution in [0.1, 0.15) is 19.8 Å². The molecule has 17 heavy (non-hydrogen) atoms. The third kappa shape index (κ3) is 2.78. The maximum absolute atomic E-state index is 10.6. The topological polar surface area (TPSA) is 77.2 Å². The normalized spacial score (nSPS) is 24.8. The number of hydrogen-bond donors (Lipinski definition) is 1. The number of carbonyl (C=O) groups is 1. The first-order valence-electron chi connectivity index (χ1n) is 5.45. The highest BCUT2D eigenvalue weighted by Crippen LogP contribution is 2.30. The van der Waals surface area contributed by atoms with E-state index in [0.29, 0.717) is 11.8 Å². The van der Waals surface area contributed by atoms with Crippen molar-refractivity contribution in [3.05, 3.63) is 6.33 Å². The van der Waals surface area contributed by atoms with Gasteiger partial charge < -0.3 is 14.4 Å². The quantitative estimate of drug-likeness (QED) is 0.810. The minimum Gasteiger partial charge on any atom is -0.481 e. The smallest absolute Gasteiger partial charge is 0.313 e. The largest absolute Gasteiger partial charge is 0.481 e. The molecule has 0 aliphatic carbocycles. The molecule has 1 aromatic heterocycles. The van der Waals surface area contributed by atoms with Gasteiger partial charge in [-0.1, -0.05) is 11.8 Å². The van der Waals surface area contributed by atoms with Gasteiger partial charge in [-0.25, -0.2) is 0 Å². The number of carboxylic acids is 1. The lowest BCUT2D eigenvalue weighted by molar-refractivity contribution is -0.133. The van der Waals surface area contributed by atoms with Crippen LogP contribution in [0.5, 0.6) is 0 Å². The van der Waals surface area contributed by atoms with E-state index in [1.165, 1.54) is 11.8 Å². The van der Waals surface area contributed by atoms with E-state index in [2.05, 4.69) is 17.1 Å². The van der Waals surface area contributed by atoms with Gasteiger partial charge in [-0.05, 0) is 19.8 Å². The minimum atomic E-state index is -0.852. The maximum atomic E-state index is 10.6. The van der Waals surface area contributed by atoms with Crippen molar-refractivity contribution in [3.8, 4) is 0 Å². The van der Waals surface area contributed by atoms with Gasteiger partial charge in [-0.2, -0.15) is 0 Å². The predicted octanol–water partition coefficient (Wildman–Crippen LogP) is 0.980. The minimum absolute atomic E-state index is 0.00433. The summed E-state index contributed by atoms with van der Waals surface area (Å²) in [5.41, 5.74) is -0.164. The molecule has 1 aliphatic heterocycles. The van der Waals surface area contributed by atoms with E-state index in [1.807, 2.05) is 4.57 Å². The summed E-state index contributed by atoms with van der Waals surface area (Å²) < 4.78 is 7.42. The Morgan fingerprint density at radius 2 is 2.59 bits per heavy atom. The van der Waals surface area contributed by atoms with Gasteiger partial charge in [-0.15, -0.1) is 10.2 Å². The Morgan fingerprint density at radius 1 is 1.76 bits per heavy atom. The number of aliphatic carboxylic acids is 1. The molecule has 1 fully saturated rings. The molecule has 94 valence electrons. The number of thioether (sulfide) groups is 1. The summed E-state index contributed by atoms with van der Waals surface area (Å²) in [4.78, 5) is 10.6. The molecule has 1 aromatic rings. The van der Waals surface area contributed by atoms with Crippen molar-refractivity contribution >= 4 is 17.7 Å². The zero-order valence-corrected chi connectivity index (χ0v) is 10.4. The van der Waals surface area contributed by atoms with E-state index in [9.17, 15) is 4.79 Å². The summed E-state index contributed by atoms with van der Waals surface area (Å²) in [5, 5.41) is 17.1. The van der Waals surface area contributed by atoms with Crippen molar-refractivity contribution in [2.45, 2.75) is 30.5 Å². The third-order valence-electron chi connectivity index (χ3n) is 2.84. The zero-order valence-electron chi connectivity index (χ0n) is 9.63. The predicted molar refractivity (Wildman–Crippen MR) is 62.1 cm³/mol. The second-order valence-corrected chi connectivity index (χ2v) is 5.26. The van der Waals surface area contributed by atoms with Crippen LogP contribution in [0.2, 0.25) is 0 Å². The molecule has 1 aliphatic rings. The number of hydrogen-bond acceptors (Lipinski definition) is 5. The molecule has 0 spiro atoms. The van der Waals surface area contributed by atoms with E-state index in [-0.39, 0.29) is 11.3 Å². The van der Waals surface area contributed by atoms with Crippen molar-refractivity contribution in [2.75, 3.05) is 19.0 Å². The van der Waals surface area contributed by atoms with Crippen LogP contribution in [0.15, 0.2) is 11.5 Å². The standard InChI is InChI=1S/C10H15N3O3S/c1-10(3-2-4-16-6-10)13-7-11-12-9(13)17-5-8(14)15/h7H,2-6H2,1H3,(H,14,15). The number of aromatic nitrogens is 3. The molecule has 2 heterocycles. The summed E-state index contributed by atoms with van der Waals surface area (Å²) in [6.45, 7) is 3.49. The van der Waals surface area contributed by atoms with Crippen molar-refractivity contribution in [1.29, 1.82) is 0 Å². The summed E-state index contributed by atoms with van der Waals surface area (Å²) in [6, 6.07) is 0. The van der Waals surface area contributed by atoms with Gasteiger partial charge in [0, 0.05) is 6.61 Å². The monoisotopic (exact) mass is 257 g/mol. The average Bonchev–Trinajstić information content (AvgIpc) is 2.76. The van der Waals surface area contributed by atoms with Crippen LogP contribution < -0.4 is 0 Å². The highest BCUT2D eigenvalue weighted by Gasteiger charge is 2.31. The van der Waals surface area contributed by atoms with Crippen molar-refractivity contribution in [2.24, 2.45) is 0 Å². The molecule has 0 saturated carbocycles. The second-order valence-electron chi connectivity index (χ2n) is 4.32. The molecule has 0 aromatic carbocycles. The molecule has 0 radical (unpaired) electrons. The van der Waals surface area contributed by atoms with Crippen LogP contribution in [-0.2, 0) is 15.1 Å². The lowest BCUT2D eigenvalue weighted by Gasteiger charge is -2.35. The van der Waals surface area contributed by atoms with Gasteiger partial charge in [0.25, 0.3) is 0 Å². The molecule has 0 bridgehead atoms. The zero-order chi connectivity index (χ0) is 12.3. The highest BCUT2D eigenvalue weighted by molar-refractivity contribution is 7.99. The highest BCUT2D eigenvalue weighted by atomic mass is 32.2. The number of ether oxygens (including phenoxy) is 1. The Morgan fingerprint density at radius 3 is 3.24 bits per heavy atom. The van der Waals surface area contributed by atoms with E-state index in [0.717, 1.165) is 19.4 Å². The molecule has 2 rings (SSSR count). The van der Waals surface area contributed by atoms with Crippen LogP contribution in [-0.4, -0.2) is 44.8 Å². The van der Waals surface area contributed by atoms with Crippen LogP contribution in [0.3, 0.4) is 0 Å². The first-order valence-corrected chi connectivity index (χ1v) is 6.43. The lowest BCUT2D eigenvalue weighted by atomic mass is 9.95. The van der Waals surface area contributed by atoms with E-state index >= 15 is 0 Å². The molecule has 1 saturated heterocycles.